The van der Waals surface area contributed by atoms with Crippen molar-refractivity contribution in [3.8, 4) is 11.8 Å². The van der Waals surface area contributed by atoms with E-state index in [1.165, 1.54) is 6.08 Å². The van der Waals surface area contributed by atoms with Gasteiger partial charge in [0.15, 0.2) is 0 Å². The summed E-state index contributed by atoms with van der Waals surface area (Å²) in [7, 11) is -0.991. The zero-order valence-corrected chi connectivity index (χ0v) is 14.7. The molecule has 3 nitrogen and oxygen atoms in total. The van der Waals surface area contributed by atoms with Crippen LogP contribution < -0.4 is 0 Å². The molecule has 0 saturated carbocycles. The maximum Gasteiger partial charge on any atom is 0.525 e. The zero-order valence-electron chi connectivity index (χ0n) is 14.7. The third-order valence-electron chi connectivity index (χ3n) is 4.36. The van der Waals surface area contributed by atoms with Crippen LogP contribution in [0.25, 0.3) is 6.08 Å². The van der Waals surface area contributed by atoms with Crippen LogP contribution in [0.4, 0.5) is 4.39 Å². The van der Waals surface area contributed by atoms with Crippen molar-refractivity contribution in [1.29, 1.82) is 0 Å². The van der Waals surface area contributed by atoms with Crippen LogP contribution in [0.1, 0.15) is 51.7 Å². The Labute approximate surface area is 144 Å². The van der Waals surface area contributed by atoms with Crippen molar-refractivity contribution < 1.29 is 18.8 Å². The SMILES string of the molecule is CC1(C)OB(C(F)=Cc2cccc(C#CCCCO)c2)OC1(C)C. The van der Waals surface area contributed by atoms with Crippen molar-refractivity contribution >= 4 is 13.2 Å². The molecule has 0 atom stereocenters. The monoisotopic (exact) mass is 330 g/mol. The lowest BCUT2D eigenvalue weighted by Crippen LogP contribution is -2.41. The molecule has 1 aliphatic heterocycles. The van der Waals surface area contributed by atoms with Gasteiger partial charge in [0.2, 0.25) is 0 Å². The van der Waals surface area contributed by atoms with Gasteiger partial charge in [0.1, 0.15) is 5.73 Å². The molecule has 1 saturated heterocycles. The molecule has 0 aromatic heterocycles. The summed E-state index contributed by atoms with van der Waals surface area (Å²) in [6.45, 7) is 7.70. The molecule has 0 spiro atoms. The molecule has 1 aliphatic rings. The summed E-state index contributed by atoms with van der Waals surface area (Å²) in [6.07, 6.45) is 2.71. The molecule has 0 unspecified atom stereocenters. The molecule has 1 aromatic carbocycles. The van der Waals surface area contributed by atoms with Crippen LogP contribution in [0.3, 0.4) is 0 Å². The molecule has 128 valence electrons. The normalized spacial score (nSPS) is 19.1. The fraction of sp³-hybridized carbons (Fsp3) is 0.474. The van der Waals surface area contributed by atoms with E-state index in [4.69, 9.17) is 14.4 Å². The largest absolute Gasteiger partial charge is 0.525 e. The highest BCUT2D eigenvalue weighted by atomic mass is 19.1. The number of aliphatic hydroxyl groups is 1. The van der Waals surface area contributed by atoms with Crippen LogP contribution in [-0.2, 0) is 9.31 Å². The molecule has 2 rings (SSSR count). The first-order valence-corrected chi connectivity index (χ1v) is 8.18. The average molecular weight is 330 g/mol. The average Bonchev–Trinajstić information content (AvgIpc) is 2.73. The van der Waals surface area contributed by atoms with Gasteiger partial charge in [0.25, 0.3) is 0 Å². The van der Waals surface area contributed by atoms with Crippen molar-refractivity contribution in [3.05, 3.63) is 41.1 Å². The van der Waals surface area contributed by atoms with Gasteiger partial charge >= 0.3 is 7.12 Å². The third kappa shape index (κ3) is 4.48. The lowest BCUT2D eigenvalue weighted by Gasteiger charge is -2.32. The minimum absolute atomic E-state index is 0.136. The van der Waals surface area contributed by atoms with E-state index in [0.29, 0.717) is 18.4 Å². The fourth-order valence-electron chi connectivity index (χ4n) is 2.22. The minimum Gasteiger partial charge on any atom is -0.398 e. The van der Waals surface area contributed by atoms with Crippen LogP contribution >= 0.6 is 0 Å². The molecule has 0 aliphatic carbocycles. The molecule has 1 N–H and O–H groups in total. The van der Waals surface area contributed by atoms with Gasteiger partial charge in [-0.15, -0.1) is 0 Å². The summed E-state index contributed by atoms with van der Waals surface area (Å²) in [5.74, 6) is 6.00. The van der Waals surface area contributed by atoms with E-state index in [9.17, 15) is 4.39 Å². The number of hydrogen-bond donors (Lipinski definition) is 1. The Morgan fingerprint density at radius 3 is 2.54 bits per heavy atom. The second-order valence-electron chi connectivity index (χ2n) is 6.87. The van der Waals surface area contributed by atoms with Crippen LogP contribution in [0.5, 0.6) is 0 Å². The predicted octanol–water partition coefficient (Wildman–Crippen LogP) is 3.75. The van der Waals surface area contributed by atoms with Crippen molar-refractivity contribution in [1.82, 2.24) is 0 Å². The van der Waals surface area contributed by atoms with Gasteiger partial charge in [-0.25, -0.2) is 4.39 Å². The Bertz CT molecular complexity index is 655. The number of rotatable bonds is 4. The Balaban J connectivity index is 2.12. The first kappa shape index (κ1) is 18.7. The zero-order chi connectivity index (χ0) is 17.8. The van der Waals surface area contributed by atoms with E-state index >= 15 is 0 Å². The summed E-state index contributed by atoms with van der Waals surface area (Å²) in [4.78, 5) is 0. The second kappa shape index (κ2) is 7.52. The Kier molecular flexibility index (Phi) is 5.87. The number of hydrogen-bond acceptors (Lipinski definition) is 3. The van der Waals surface area contributed by atoms with E-state index < -0.39 is 24.0 Å². The smallest absolute Gasteiger partial charge is 0.398 e. The van der Waals surface area contributed by atoms with Gasteiger partial charge in [0.05, 0.1) is 11.2 Å². The summed E-state index contributed by atoms with van der Waals surface area (Å²) in [5.41, 5.74) is -0.0789. The van der Waals surface area contributed by atoms with Crippen molar-refractivity contribution in [3.63, 3.8) is 0 Å². The molecule has 1 fully saturated rings. The Morgan fingerprint density at radius 1 is 1.25 bits per heavy atom. The van der Waals surface area contributed by atoms with Gasteiger partial charge in [-0.1, -0.05) is 24.0 Å². The van der Waals surface area contributed by atoms with Crippen LogP contribution in [0, 0.1) is 11.8 Å². The number of halogens is 1. The van der Waals surface area contributed by atoms with Gasteiger partial charge in [0, 0.05) is 18.6 Å². The lowest BCUT2D eigenvalue weighted by atomic mass is 9.86. The van der Waals surface area contributed by atoms with E-state index in [1.54, 1.807) is 0 Å². The van der Waals surface area contributed by atoms with Crippen LogP contribution in [0.15, 0.2) is 30.0 Å². The molecule has 0 bridgehead atoms. The van der Waals surface area contributed by atoms with Crippen LogP contribution in [0.2, 0.25) is 0 Å². The summed E-state index contributed by atoms with van der Waals surface area (Å²) in [6, 6.07) is 7.33. The quantitative estimate of drug-likeness (QED) is 0.519. The van der Waals surface area contributed by atoms with E-state index in [-0.39, 0.29) is 6.61 Å². The van der Waals surface area contributed by atoms with E-state index in [2.05, 4.69) is 11.8 Å². The molecule has 24 heavy (non-hydrogen) atoms. The fourth-order valence-corrected chi connectivity index (χ4v) is 2.22. The third-order valence-corrected chi connectivity index (χ3v) is 4.36. The molecule has 0 radical (unpaired) electrons. The highest BCUT2D eigenvalue weighted by molar-refractivity contribution is 6.54. The highest BCUT2D eigenvalue weighted by Crippen LogP contribution is 2.39. The van der Waals surface area contributed by atoms with Gasteiger partial charge < -0.3 is 14.4 Å². The first-order valence-electron chi connectivity index (χ1n) is 8.18. The number of benzene rings is 1. The van der Waals surface area contributed by atoms with Gasteiger partial charge in [-0.05, 0) is 57.9 Å². The predicted molar refractivity (Wildman–Crippen MR) is 94.8 cm³/mol. The molecule has 0 amide bonds. The van der Waals surface area contributed by atoms with Crippen molar-refractivity contribution in [2.45, 2.75) is 51.7 Å². The van der Waals surface area contributed by atoms with Crippen LogP contribution in [-0.4, -0.2) is 30.0 Å². The standard InChI is InChI=1S/C19H24BFO3/c1-18(2)19(3,4)24-20(23-18)17(21)14-16-11-8-10-15(13-16)9-6-5-7-12-22/h8,10-11,13-14,22H,5,7,12H2,1-4H3. The topological polar surface area (TPSA) is 38.7 Å². The Hall–Kier alpha value is -1.61. The maximum atomic E-state index is 14.5. The first-order chi connectivity index (χ1) is 11.2. The van der Waals surface area contributed by atoms with Crippen molar-refractivity contribution in [2.24, 2.45) is 0 Å². The summed E-state index contributed by atoms with van der Waals surface area (Å²) in [5, 5.41) is 8.74. The van der Waals surface area contributed by atoms with Gasteiger partial charge in [-0.3, -0.25) is 0 Å². The highest BCUT2D eigenvalue weighted by Gasteiger charge is 2.53. The molecule has 1 aromatic rings. The molecular formula is C19H24BFO3. The van der Waals surface area contributed by atoms with Crippen molar-refractivity contribution in [2.75, 3.05) is 6.61 Å². The summed E-state index contributed by atoms with van der Waals surface area (Å²) < 4.78 is 25.9. The number of aliphatic hydroxyl groups excluding tert-OH is 1. The lowest BCUT2D eigenvalue weighted by molar-refractivity contribution is 0.00578. The minimum atomic E-state index is -0.991. The summed E-state index contributed by atoms with van der Waals surface area (Å²) >= 11 is 0. The van der Waals surface area contributed by atoms with E-state index in [1.807, 2.05) is 52.0 Å². The number of unbranched alkanes of at least 4 members (excludes halogenated alkanes) is 1. The molecule has 5 heteroatoms. The molecular weight excluding hydrogens is 306 g/mol. The second-order valence-corrected chi connectivity index (χ2v) is 6.87. The Morgan fingerprint density at radius 2 is 1.92 bits per heavy atom. The maximum absolute atomic E-state index is 14.5. The molecule has 1 heterocycles. The van der Waals surface area contributed by atoms with E-state index in [0.717, 1.165) is 5.56 Å². The van der Waals surface area contributed by atoms with Gasteiger partial charge in [-0.2, -0.15) is 0 Å².